The molecule has 0 saturated carbocycles. The second kappa shape index (κ2) is 5.56. The highest BCUT2D eigenvalue weighted by Crippen LogP contribution is 2.10. The summed E-state index contributed by atoms with van der Waals surface area (Å²) in [4.78, 5) is 11.1. The normalized spacial score (nSPS) is 10.3. The number of carbonyl (C=O) groups excluding carboxylic acids is 1. The molecule has 0 aliphatic rings. The van der Waals surface area contributed by atoms with Gasteiger partial charge in [-0.15, -0.1) is 0 Å². The van der Waals surface area contributed by atoms with Crippen molar-refractivity contribution in [2.75, 3.05) is 6.54 Å². The first-order valence-electron chi connectivity index (χ1n) is 4.79. The minimum Gasteiger partial charge on any atom is -0.330 e. The van der Waals surface area contributed by atoms with Crippen molar-refractivity contribution in [1.82, 2.24) is 0 Å². The molecular formula is C11H13F2NO. The van der Waals surface area contributed by atoms with E-state index < -0.39 is 11.6 Å². The first-order chi connectivity index (χ1) is 7.13. The first-order valence-corrected chi connectivity index (χ1v) is 4.79. The van der Waals surface area contributed by atoms with Gasteiger partial charge in [0, 0.05) is 12.8 Å². The maximum Gasteiger partial charge on any atom is 0.159 e. The molecule has 0 spiro atoms. The summed E-state index contributed by atoms with van der Waals surface area (Å²) in [6.45, 7) is 0.330. The van der Waals surface area contributed by atoms with Crippen molar-refractivity contribution >= 4 is 5.78 Å². The molecule has 82 valence electrons. The third-order valence-electron chi connectivity index (χ3n) is 2.10. The number of nitrogens with two attached hydrogens (primary N) is 1. The van der Waals surface area contributed by atoms with Crippen LogP contribution in [0.1, 0.15) is 18.4 Å². The van der Waals surface area contributed by atoms with Gasteiger partial charge in [-0.3, -0.25) is 4.79 Å². The fourth-order valence-corrected chi connectivity index (χ4v) is 1.26. The minimum atomic E-state index is -0.876. The van der Waals surface area contributed by atoms with E-state index in [0.29, 0.717) is 31.4 Å². The molecule has 0 amide bonds. The Hall–Kier alpha value is -1.29. The van der Waals surface area contributed by atoms with Crippen molar-refractivity contribution in [2.24, 2.45) is 5.73 Å². The lowest BCUT2D eigenvalue weighted by Gasteiger charge is -2.01. The SMILES string of the molecule is NCCC(=O)CCc1ccc(F)c(F)c1. The predicted octanol–water partition coefficient (Wildman–Crippen LogP) is 1.82. The molecule has 0 unspecified atom stereocenters. The van der Waals surface area contributed by atoms with Gasteiger partial charge >= 0.3 is 0 Å². The second-order valence-corrected chi connectivity index (χ2v) is 3.33. The molecule has 0 aliphatic carbocycles. The molecule has 0 radical (unpaired) electrons. The van der Waals surface area contributed by atoms with Crippen LogP contribution in [0, 0.1) is 11.6 Å². The van der Waals surface area contributed by atoms with E-state index in [0.717, 1.165) is 12.1 Å². The van der Waals surface area contributed by atoms with Crippen LogP contribution in [0.25, 0.3) is 0 Å². The van der Waals surface area contributed by atoms with Crippen molar-refractivity contribution < 1.29 is 13.6 Å². The van der Waals surface area contributed by atoms with E-state index in [1.807, 2.05) is 0 Å². The Labute approximate surface area is 87.1 Å². The monoisotopic (exact) mass is 213 g/mol. The average Bonchev–Trinajstić information content (AvgIpc) is 2.20. The summed E-state index contributed by atoms with van der Waals surface area (Å²) < 4.78 is 25.3. The topological polar surface area (TPSA) is 43.1 Å². The van der Waals surface area contributed by atoms with Gasteiger partial charge in [0.2, 0.25) is 0 Å². The lowest BCUT2D eigenvalue weighted by atomic mass is 10.1. The number of Topliss-reactive ketones (excluding diaryl/α,β-unsaturated/α-hetero) is 1. The summed E-state index contributed by atoms with van der Waals surface area (Å²) in [6.07, 6.45) is 1.09. The Morgan fingerprint density at radius 1 is 1.20 bits per heavy atom. The molecule has 4 heteroatoms. The molecule has 0 heterocycles. The predicted molar refractivity (Wildman–Crippen MR) is 53.4 cm³/mol. The number of hydrogen-bond acceptors (Lipinski definition) is 2. The Morgan fingerprint density at radius 2 is 1.93 bits per heavy atom. The fourth-order valence-electron chi connectivity index (χ4n) is 1.26. The van der Waals surface area contributed by atoms with Crippen LogP contribution < -0.4 is 5.73 Å². The number of ketones is 1. The highest BCUT2D eigenvalue weighted by Gasteiger charge is 2.05. The summed E-state index contributed by atoms with van der Waals surface area (Å²) in [7, 11) is 0. The molecular weight excluding hydrogens is 200 g/mol. The second-order valence-electron chi connectivity index (χ2n) is 3.33. The van der Waals surface area contributed by atoms with E-state index in [2.05, 4.69) is 0 Å². The van der Waals surface area contributed by atoms with Gasteiger partial charge in [-0.25, -0.2) is 8.78 Å². The van der Waals surface area contributed by atoms with Crippen LogP contribution in [0.15, 0.2) is 18.2 Å². The quantitative estimate of drug-likeness (QED) is 0.810. The Morgan fingerprint density at radius 3 is 2.53 bits per heavy atom. The number of aryl methyl sites for hydroxylation is 1. The largest absolute Gasteiger partial charge is 0.330 e. The Balaban J connectivity index is 2.51. The van der Waals surface area contributed by atoms with Gasteiger partial charge in [0.15, 0.2) is 11.6 Å². The molecule has 15 heavy (non-hydrogen) atoms. The minimum absolute atomic E-state index is 0.0437. The Kier molecular flexibility index (Phi) is 4.37. The van der Waals surface area contributed by atoms with Crippen LogP contribution in [0.3, 0.4) is 0 Å². The molecule has 0 aromatic heterocycles. The average molecular weight is 213 g/mol. The van der Waals surface area contributed by atoms with Gasteiger partial charge in [-0.05, 0) is 30.7 Å². The van der Waals surface area contributed by atoms with E-state index in [9.17, 15) is 13.6 Å². The van der Waals surface area contributed by atoms with Gasteiger partial charge in [0.1, 0.15) is 5.78 Å². The molecule has 0 aliphatic heterocycles. The maximum atomic E-state index is 12.8. The van der Waals surface area contributed by atoms with Crippen LogP contribution in [-0.4, -0.2) is 12.3 Å². The number of carbonyl (C=O) groups is 1. The molecule has 0 fully saturated rings. The lowest BCUT2D eigenvalue weighted by Crippen LogP contribution is -2.08. The molecule has 1 aromatic carbocycles. The zero-order valence-electron chi connectivity index (χ0n) is 8.30. The molecule has 0 atom stereocenters. The van der Waals surface area contributed by atoms with Gasteiger partial charge in [-0.1, -0.05) is 6.07 Å². The van der Waals surface area contributed by atoms with Crippen LogP contribution >= 0.6 is 0 Å². The molecule has 2 N–H and O–H groups in total. The van der Waals surface area contributed by atoms with Crippen molar-refractivity contribution in [2.45, 2.75) is 19.3 Å². The molecule has 2 nitrogen and oxygen atoms in total. The van der Waals surface area contributed by atoms with Gasteiger partial charge in [-0.2, -0.15) is 0 Å². The Bertz CT molecular complexity index is 352. The summed E-state index contributed by atoms with van der Waals surface area (Å²) in [5.41, 5.74) is 5.84. The third-order valence-corrected chi connectivity index (χ3v) is 2.10. The van der Waals surface area contributed by atoms with Crippen LogP contribution in [0.4, 0.5) is 8.78 Å². The highest BCUT2D eigenvalue weighted by atomic mass is 19.2. The van der Waals surface area contributed by atoms with Crippen LogP contribution in [-0.2, 0) is 11.2 Å². The number of hydrogen-bond donors (Lipinski definition) is 1. The molecule has 1 aromatic rings. The van der Waals surface area contributed by atoms with Gasteiger partial charge < -0.3 is 5.73 Å². The van der Waals surface area contributed by atoms with Crippen molar-refractivity contribution in [1.29, 1.82) is 0 Å². The lowest BCUT2D eigenvalue weighted by molar-refractivity contribution is -0.118. The zero-order chi connectivity index (χ0) is 11.3. The molecule has 0 bridgehead atoms. The molecule has 1 rings (SSSR count). The van der Waals surface area contributed by atoms with Crippen LogP contribution in [0.2, 0.25) is 0 Å². The summed E-state index contributed by atoms with van der Waals surface area (Å²) >= 11 is 0. The van der Waals surface area contributed by atoms with Gasteiger partial charge in [0.25, 0.3) is 0 Å². The smallest absolute Gasteiger partial charge is 0.159 e. The van der Waals surface area contributed by atoms with E-state index in [4.69, 9.17) is 5.73 Å². The third kappa shape index (κ3) is 3.75. The summed E-state index contributed by atoms with van der Waals surface area (Å²) in [6, 6.07) is 3.66. The number of benzene rings is 1. The van der Waals surface area contributed by atoms with E-state index in [-0.39, 0.29) is 5.78 Å². The standard InChI is InChI=1S/C11H13F2NO/c12-10-4-2-8(7-11(10)13)1-3-9(15)5-6-14/h2,4,7H,1,3,5-6,14H2. The van der Waals surface area contributed by atoms with Crippen molar-refractivity contribution in [3.63, 3.8) is 0 Å². The molecule has 0 saturated heterocycles. The number of halogens is 2. The van der Waals surface area contributed by atoms with Crippen molar-refractivity contribution in [3.8, 4) is 0 Å². The fraction of sp³-hybridized carbons (Fsp3) is 0.364. The number of rotatable bonds is 5. The first kappa shape index (κ1) is 11.8. The van der Waals surface area contributed by atoms with E-state index >= 15 is 0 Å². The van der Waals surface area contributed by atoms with Crippen LogP contribution in [0.5, 0.6) is 0 Å². The summed E-state index contributed by atoms with van der Waals surface area (Å²) in [5.74, 6) is -1.70. The van der Waals surface area contributed by atoms with E-state index in [1.165, 1.54) is 6.07 Å². The van der Waals surface area contributed by atoms with E-state index in [1.54, 1.807) is 0 Å². The summed E-state index contributed by atoms with van der Waals surface area (Å²) in [5, 5.41) is 0. The van der Waals surface area contributed by atoms with Gasteiger partial charge in [0.05, 0.1) is 0 Å². The maximum absolute atomic E-state index is 12.8. The highest BCUT2D eigenvalue weighted by molar-refractivity contribution is 5.78. The van der Waals surface area contributed by atoms with Crippen molar-refractivity contribution in [3.05, 3.63) is 35.4 Å². The zero-order valence-corrected chi connectivity index (χ0v) is 8.30.